The number of aliphatic hydroxyl groups excluding tert-OH is 1. The standard InChI is InChI=1S/C14H22N2O/c17-12-1-3-13-4-6-14(7-5-13)16-10-2-8-15-9-11-16/h4-7,15,17H,1-3,8-12H2. The first-order valence-electron chi connectivity index (χ1n) is 6.55. The summed E-state index contributed by atoms with van der Waals surface area (Å²) in [5.74, 6) is 0. The van der Waals surface area contributed by atoms with Gasteiger partial charge in [0.1, 0.15) is 0 Å². The Morgan fingerprint density at radius 1 is 1.12 bits per heavy atom. The first kappa shape index (κ1) is 12.4. The molecule has 0 unspecified atom stereocenters. The molecule has 0 atom stereocenters. The first-order valence-corrected chi connectivity index (χ1v) is 6.55. The minimum absolute atomic E-state index is 0.277. The van der Waals surface area contributed by atoms with Gasteiger partial charge in [-0.05, 0) is 43.5 Å². The predicted molar refractivity (Wildman–Crippen MR) is 71.5 cm³/mol. The van der Waals surface area contributed by atoms with Crippen LogP contribution in [0.5, 0.6) is 0 Å². The van der Waals surface area contributed by atoms with Crippen LogP contribution in [0.4, 0.5) is 5.69 Å². The van der Waals surface area contributed by atoms with Crippen molar-refractivity contribution in [2.75, 3.05) is 37.7 Å². The Morgan fingerprint density at radius 3 is 2.71 bits per heavy atom. The lowest BCUT2D eigenvalue weighted by Crippen LogP contribution is -2.27. The van der Waals surface area contributed by atoms with Crippen molar-refractivity contribution in [2.24, 2.45) is 0 Å². The highest BCUT2D eigenvalue weighted by Crippen LogP contribution is 2.16. The van der Waals surface area contributed by atoms with Crippen LogP contribution < -0.4 is 10.2 Å². The number of nitrogens with zero attached hydrogens (tertiary/aromatic N) is 1. The summed E-state index contributed by atoms with van der Waals surface area (Å²) in [4.78, 5) is 2.44. The average Bonchev–Trinajstić information content (AvgIpc) is 2.66. The molecule has 0 radical (unpaired) electrons. The largest absolute Gasteiger partial charge is 0.396 e. The Bertz CT molecular complexity index is 315. The van der Waals surface area contributed by atoms with E-state index < -0.39 is 0 Å². The second kappa shape index (κ2) is 6.62. The molecular weight excluding hydrogens is 212 g/mol. The van der Waals surface area contributed by atoms with E-state index in [1.165, 1.54) is 17.7 Å². The van der Waals surface area contributed by atoms with Crippen LogP contribution in [0.15, 0.2) is 24.3 Å². The maximum Gasteiger partial charge on any atom is 0.0434 e. The van der Waals surface area contributed by atoms with E-state index in [-0.39, 0.29) is 6.61 Å². The Labute approximate surface area is 103 Å². The fourth-order valence-electron chi connectivity index (χ4n) is 2.26. The van der Waals surface area contributed by atoms with E-state index in [0.29, 0.717) is 0 Å². The molecule has 0 amide bonds. The van der Waals surface area contributed by atoms with Gasteiger partial charge in [-0.1, -0.05) is 12.1 Å². The molecule has 0 bridgehead atoms. The van der Waals surface area contributed by atoms with Crippen LogP contribution in [0.25, 0.3) is 0 Å². The normalized spacial score (nSPS) is 16.9. The zero-order valence-electron chi connectivity index (χ0n) is 10.4. The van der Waals surface area contributed by atoms with E-state index >= 15 is 0 Å². The fourth-order valence-corrected chi connectivity index (χ4v) is 2.26. The first-order chi connectivity index (χ1) is 8.40. The third-order valence-corrected chi connectivity index (χ3v) is 3.27. The van der Waals surface area contributed by atoms with Gasteiger partial charge in [-0.3, -0.25) is 0 Å². The van der Waals surface area contributed by atoms with Crippen molar-refractivity contribution in [1.29, 1.82) is 0 Å². The SMILES string of the molecule is OCCCc1ccc(N2CCCNCC2)cc1. The maximum atomic E-state index is 8.80. The Morgan fingerprint density at radius 2 is 1.94 bits per heavy atom. The molecule has 94 valence electrons. The summed E-state index contributed by atoms with van der Waals surface area (Å²) < 4.78 is 0. The predicted octanol–water partition coefficient (Wildman–Crippen LogP) is 1.41. The molecule has 3 heteroatoms. The van der Waals surface area contributed by atoms with Crippen molar-refractivity contribution in [3.05, 3.63) is 29.8 Å². The summed E-state index contributed by atoms with van der Waals surface area (Å²) in [5.41, 5.74) is 2.64. The Kier molecular flexibility index (Phi) is 4.83. The fraction of sp³-hybridized carbons (Fsp3) is 0.571. The summed E-state index contributed by atoms with van der Waals surface area (Å²) in [7, 11) is 0. The molecule has 2 rings (SSSR count). The van der Waals surface area contributed by atoms with Gasteiger partial charge in [0.2, 0.25) is 0 Å². The molecule has 1 fully saturated rings. The number of benzene rings is 1. The van der Waals surface area contributed by atoms with Crippen LogP contribution in [0.2, 0.25) is 0 Å². The second-order valence-corrected chi connectivity index (χ2v) is 4.58. The van der Waals surface area contributed by atoms with Crippen molar-refractivity contribution < 1.29 is 5.11 Å². The van der Waals surface area contributed by atoms with E-state index in [1.807, 2.05) is 0 Å². The molecule has 1 aromatic rings. The van der Waals surface area contributed by atoms with E-state index in [2.05, 4.69) is 34.5 Å². The van der Waals surface area contributed by atoms with Crippen LogP contribution in [-0.4, -0.2) is 37.9 Å². The van der Waals surface area contributed by atoms with Crippen molar-refractivity contribution >= 4 is 5.69 Å². The van der Waals surface area contributed by atoms with Crippen molar-refractivity contribution in [3.63, 3.8) is 0 Å². The second-order valence-electron chi connectivity index (χ2n) is 4.58. The smallest absolute Gasteiger partial charge is 0.0434 e. The summed E-state index contributed by atoms with van der Waals surface area (Å²) in [6.07, 6.45) is 3.04. The van der Waals surface area contributed by atoms with Crippen LogP contribution in [-0.2, 0) is 6.42 Å². The molecule has 1 aliphatic heterocycles. The quantitative estimate of drug-likeness (QED) is 0.827. The van der Waals surface area contributed by atoms with Crippen LogP contribution >= 0.6 is 0 Å². The third-order valence-electron chi connectivity index (χ3n) is 3.27. The number of hydrogen-bond acceptors (Lipinski definition) is 3. The monoisotopic (exact) mass is 234 g/mol. The van der Waals surface area contributed by atoms with E-state index in [0.717, 1.165) is 39.0 Å². The van der Waals surface area contributed by atoms with Gasteiger partial charge in [-0.2, -0.15) is 0 Å². The zero-order valence-corrected chi connectivity index (χ0v) is 10.4. The summed E-state index contributed by atoms with van der Waals surface area (Å²) in [5, 5.41) is 12.2. The topological polar surface area (TPSA) is 35.5 Å². The molecule has 3 nitrogen and oxygen atoms in total. The van der Waals surface area contributed by atoms with Crippen LogP contribution in [0.1, 0.15) is 18.4 Å². The van der Waals surface area contributed by atoms with Gasteiger partial charge < -0.3 is 15.3 Å². The maximum absolute atomic E-state index is 8.80. The van der Waals surface area contributed by atoms with E-state index in [4.69, 9.17) is 5.11 Å². The molecule has 2 N–H and O–H groups in total. The molecule has 1 aliphatic rings. The van der Waals surface area contributed by atoms with Gasteiger partial charge in [0.15, 0.2) is 0 Å². The summed E-state index contributed by atoms with van der Waals surface area (Å²) >= 11 is 0. The minimum atomic E-state index is 0.277. The molecule has 17 heavy (non-hydrogen) atoms. The van der Waals surface area contributed by atoms with Crippen molar-refractivity contribution in [1.82, 2.24) is 5.32 Å². The zero-order chi connectivity index (χ0) is 11.9. The summed E-state index contributed by atoms with van der Waals surface area (Å²) in [6.45, 7) is 4.72. The van der Waals surface area contributed by atoms with Crippen molar-refractivity contribution in [3.8, 4) is 0 Å². The van der Waals surface area contributed by atoms with Gasteiger partial charge in [0.25, 0.3) is 0 Å². The molecular formula is C14H22N2O. The lowest BCUT2D eigenvalue weighted by molar-refractivity contribution is 0.288. The number of hydrogen-bond donors (Lipinski definition) is 2. The summed E-state index contributed by atoms with van der Waals surface area (Å²) in [6, 6.07) is 8.78. The number of nitrogens with one attached hydrogen (secondary N) is 1. The van der Waals surface area contributed by atoms with E-state index in [9.17, 15) is 0 Å². The number of aliphatic hydroxyl groups is 1. The van der Waals surface area contributed by atoms with Gasteiger partial charge >= 0.3 is 0 Å². The highest BCUT2D eigenvalue weighted by molar-refractivity contribution is 5.47. The van der Waals surface area contributed by atoms with Gasteiger partial charge in [-0.25, -0.2) is 0 Å². The highest BCUT2D eigenvalue weighted by atomic mass is 16.2. The van der Waals surface area contributed by atoms with E-state index in [1.54, 1.807) is 0 Å². The molecule has 1 aromatic carbocycles. The van der Waals surface area contributed by atoms with Gasteiger partial charge in [-0.15, -0.1) is 0 Å². The van der Waals surface area contributed by atoms with Crippen molar-refractivity contribution in [2.45, 2.75) is 19.3 Å². The van der Waals surface area contributed by atoms with Crippen LogP contribution in [0.3, 0.4) is 0 Å². The molecule has 0 saturated carbocycles. The lowest BCUT2D eigenvalue weighted by atomic mass is 10.1. The highest BCUT2D eigenvalue weighted by Gasteiger charge is 2.08. The Balaban J connectivity index is 1.96. The number of aryl methyl sites for hydroxylation is 1. The lowest BCUT2D eigenvalue weighted by Gasteiger charge is -2.22. The average molecular weight is 234 g/mol. The number of anilines is 1. The number of rotatable bonds is 4. The Hall–Kier alpha value is -1.06. The minimum Gasteiger partial charge on any atom is -0.396 e. The molecule has 0 aliphatic carbocycles. The van der Waals surface area contributed by atoms with Gasteiger partial charge in [0.05, 0.1) is 0 Å². The molecule has 0 spiro atoms. The molecule has 1 saturated heterocycles. The third kappa shape index (κ3) is 3.72. The molecule has 1 heterocycles. The molecule has 0 aromatic heterocycles. The van der Waals surface area contributed by atoms with Crippen LogP contribution in [0, 0.1) is 0 Å². The van der Waals surface area contributed by atoms with Gasteiger partial charge in [0, 0.05) is 31.9 Å².